The van der Waals surface area contributed by atoms with Gasteiger partial charge in [-0.25, -0.2) is 0 Å². The third-order valence-corrected chi connectivity index (χ3v) is 1.99. The predicted molar refractivity (Wildman–Crippen MR) is 49.0 cm³/mol. The van der Waals surface area contributed by atoms with Gasteiger partial charge in [-0.3, -0.25) is 4.99 Å². The number of hydrogen-bond donors (Lipinski definition) is 0. The van der Waals surface area contributed by atoms with E-state index in [9.17, 15) is 0 Å². The number of fused-ring (bicyclic) bond motifs is 1. The Morgan fingerprint density at radius 3 is 3.15 bits per heavy atom. The molecule has 0 saturated heterocycles. The summed E-state index contributed by atoms with van der Waals surface area (Å²) in [6.45, 7) is 3.15. The molecule has 4 nitrogen and oxygen atoms in total. The van der Waals surface area contributed by atoms with Crippen molar-refractivity contribution in [1.82, 2.24) is 4.90 Å². The van der Waals surface area contributed by atoms with E-state index in [4.69, 9.17) is 0 Å². The molecule has 2 aliphatic heterocycles. The molecule has 0 N–H and O–H groups in total. The zero-order valence-electron chi connectivity index (χ0n) is 7.35. The second-order valence-electron chi connectivity index (χ2n) is 2.91. The number of rotatable bonds is 2. The van der Waals surface area contributed by atoms with Crippen molar-refractivity contribution < 1.29 is 19.5 Å². The van der Waals surface area contributed by atoms with Gasteiger partial charge in [0.25, 0.3) is 0 Å². The Morgan fingerprint density at radius 1 is 1.54 bits per heavy atom. The van der Waals surface area contributed by atoms with Gasteiger partial charge in [-0.05, 0) is 12.8 Å². The standard InChI is InChI=1S/C8H11N4.Rh/c1-2-3-12-6-11-7-4-9-5-10-8(7)12;/h4,6-8H,2-3H2,1H3;/q-1;. The van der Waals surface area contributed by atoms with E-state index in [1.165, 1.54) is 0 Å². The summed E-state index contributed by atoms with van der Waals surface area (Å²) < 4.78 is 0. The molecule has 0 aromatic carbocycles. The molecule has 13 heavy (non-hydrogen) atoms. The molecule has 2 atom stereocenters. The average molecular weight is 266 g/mol. The second kappa shape index (κ2) is 4.61. The first-order valence-corrected chi connectivity index (χ1v) is 4.19. The molecule has 0 bridgehead atoms. The fourth-order valence-electron chi connectivity index (χ4n) is 1.42. The smallest absolute Gasteiger partial charge is 0.115 e. The Labute approximate surface area is 90.6 Å². The van der Waals surface area contributed by atoms with E-state index >= 15 is 0 Å². The van der Waals surface area contributed by atoms with Crippen LogP contribution < -0.4 is 0 Å². The number of aliphatic imine (C=N–C) groups is 3. The van der Waals surface area contributed by atoms with Crippen molar-refractivity contribution in [3.8, 4) is 0 Å². The van der Waals surface area contributed by atoms with E-state index in [-0.39, 0.29) is 31.7 Å². The maximum Gasteiger partial charge on any atom is 0.115 e. The maximum atomic E-state index is 4.28. The van der Waals surface area contributed by atoms with Crippen LogP contribution in [0.25, 0.3) is 0 Å². The first kappa shape index (κ1) is 10.5. The van der Waals surface area contributed by atoms with Crippen molar-refractivity contribution in [2.45, 2.75) is 25.6 Å². The zero-order valence-corrected chi connectivity index (χ0v) is 8.98. The molecular weight excluding hydrogens is 255 g/mol. The molecule has 0 aliphatic carbocycles. The summed E-state index contributed by atoms with van der Waals surface area (Å²) in [5, 5.41) is 0. The summed E-state index contributed by atoms with van der Waals surface area (Å²) in [7, 11) is 0. The maximum absolute atomic E-state index is 4.28. The van der Waals surface area contributed by atoms with Crippen LogP contribution in [0.4, 0.5) is 0 Å². The van der Waals surface area contributed by atoms with E-state index < -0.39 is 0 Å². The van der Waals surface area contributed by atoms with Gasteiger partial charge in [0.1, 0.15) is 6.17 Å². The predicted octanol–water partition coefficient (Wildman–Crippen LogP) is 0.422. The molecule has 1 radical (unpaired) electrons. The second-order valence-corrected chi connectivity index (χ2v) is 2.91. The Bertz CT molecular complexity index is 249. The van der Waals surface area contributed by atoms with Crippen molar-refractivity contribution in [2.75, 3.05) is 6.54 Å². The molecule has 73 valence electrons. The Balaban J connectivity index is 0.000000845. The quantitative estimate of drug-likeness (QED) is 0.527. The number of hydrogen-bond acceptors (Lipinski definition) is 4. The average Bonchev–Trinajstić information content (AvgIpc) is 2.50. The van der Waals surface area contributed by atoms with Crippen LogP contribution in [0.1, 0.15) is 13.3 Å². The van der Waals surface area contributed by atoms with E-state index in [1.54, 1.807) is 6.21 Å². The van der Waals surface area contributed by atoms with Crippen LogP contribution in [-0.4, -0.2) is 42.5 Å². The fraction of sp³-hybridized carbons (Fsp3) is 0.625. The normalized spacial score (nSPS) is 28.8. The molecule has 0 amide bonds. The van der Waals surface area contributed by atoms with Crippen LogP contribution in [0.5, 0.6) is 0 Å². The van der Waals surface area contributed by atoms with E-state index in [0.29, 0.717) is 0 Å². The summed E-state index contributed by atoms with van der Waals surface area (Å²) >= 11 is 0. The van der Waals surface area contributed by atoms with Crippen molar-refractivity contribution in [1.29, 1.82) is 0 Å². The summed E-state index contributed by atoms with van der Waals surface area (Å²) in [5.74, 6) is 0. The van der Waals surface area contributed by atoms with Crippen molar-refractivity contribution >= 4 is 18.9 Å². The van der Waals surface area contributed by atoms with Crippen LogP contribution in [0.15, 0.2) is 15.0 Å². The van der Waals surface area contributed by atoms with E-state index in [1.807, 2.05) is 6.34 Å². The van der Waals surface area contributed by atoms with Gasteiger partial charge in [0.05, 0.1) is 12.4 Å². The van der Waals surface area contributed by atoms with Crippen molar-refractivity contribution in [3.05, 3.63) is 0 Å². The van der Waals surface area contributed by atoms with Crippen molar-refractivity contribution in [2.24, 2.45) is 15.0 Å². The minimum atomic E-state index is 0. The molecule has 0 saturated carbocycles. The Morgan fingerprint density at radius 2 is 2.38 bits per heavy atom. The molecule has 5 heteroatoms. The molecular formula is C8H11N4Rh-. The number of nitrogens with zero attached hydrogens (tertiary/aromatic N) is 4. The van der Waals surface area contributed by atoms with Crippen LogP contribution in [0.3, 0.4) is 0 Å². The molecule has 0 aromatic heterocycles. The molecule has 2 rings (SSSR count). The third kappa shape index (κ3) is 2.02. The van der Waals surface area contributed by atoms with Gasteiger partial charge in [0, 0.05) is 26.0 Å². The van der Waals surface area contributed by atoms with Gasteiger partial charge in [0.15, 0.2) is 0 Å². The Kier molecular flexibility index (Phi) is 3.73. The first-order valence-electron chi connectivity index (χ1n) is 4.19. The summed E-state index contributed by atoms with van der Waals surface area (Å²) in [6, 6.07) is 0.123. The summed E-state index contributed by atoms with van der Waals surface area (Å²) in [4.78, 5) is 14.4. The molecule has 2 aliphatic rings. The summed E-state index contributed by atoms with van der Waals surface area (Å²) in [5.41, 5.74) is 0. The molecule has 0 fully saturated rings. The molecule has 0 aromatic rings. The SMILES string of the molecule is CCCN1C=NC2C=N[C-]=NC21.[Rh]. The van der Waals surface area contributed by atoms with E-state index in [2.05, 4.69) is 33.1 Å². The molecule has 0 spiro atoms. The molecule has 2 heterocycles. The van der Waals surface area contributed by atoms with Crippen LogP contribution in [-0.2, 0) is 19.5 Å². The largest absolute Gasteiger partial charge is 0.442 e. The van der Waals surface area contributed by atoms with Gasteiger partial charge >= 0.3 is 0 Å². The third-order valence-electron chi connectivity index (χ3n) is 1.99. The topological polar surface area (TPSA) is 40.3 Å². The fourth-order valence-corrected chi connectivity index (χ4v) is 1.42. The van der Waals surface area contributed by atoms with Gasteiger partial charge < -0.3 is 14.9 Å². The Hall–Kier alpha value is -0.567. The van der Waals surface area contributed by atoms with Gasteiger partial charge in [-0.2, -0.15) is 0 Å². The summed E-state index contributed by atoms with van der Waals surface area (Å²) in [6.07, 6.45) is 7.52. The van der Waals surface area contributed by atoms with Gasteiger partial charge in [0.2, 0.25) is 0 Å². The molecule has 2 unspecified atom stereocenters. The van der Waals surface area contributed by atoms with Gasteiger partial charge in [-0.1, -0.05) is 6.92 Å². The minimum absolute atomic E-state index is 0. The van der Waals surface area contributed by atoms with Crippen LogP contribution in [0, 0.1) is 0 Å². The zero-order chi connectivity index (χ0) is 8.39. The van der Waals surface area contributed by atoms with E-state index in [0.717, 1.165) is 13.0 Å². The minimum Gasteiger partial charge on any atom is -0.442 e. The first-order chi connectivity index (χ1) is 5.92. The van der Waals surface area contributed by atoms with Crippen LogP contribution in [0.2, 0.25) is 0 Å². The monoisotopic (exact) mass is 266 g/mol. The van der Waals surface area contributed by atoms with Crippen molar-refractivity contribution in [3.63, 3.8) is 0 Å². The van der Waals surface area contributed by atoms with Crippen LogP contribution >= 0.6 is 0 Å². The van der Waals surface area contributed by atoms with Gasteiger partial charge in [-0.15, -0.1) is 6.21 Å².